The summed E-state index contributed by atoms with van der Waals surface area (Å²) < 4.78 is 0. The molecule has 0 bridgehead atoms. The SMILES string of the molecule is Cc1cc(O)cc(C)c1C(=O)CCCl. The van der Waals surface area contributed by atoms with Crippen LogP contribution in [-0.4, -0.2) is 16.8 Å². The quantitative estimate of drug-likeness (QED) is 0.618. The van der Waals surface area contributed by atoms with Gasteiger partial charge in [0.2, 0.25) is 0 Å². The van der Waals surface area contributed by atoms with Crippen LogP contribution < -0.4 is 0 Å². The summed E-state index contributed by atoms with van der Waals surface area (Å²) in [6, 6.07) is 3.18. The Morgan fingerprint density at radius 3 is 2.29 bits per heavy atom. The number of phenols is 1. The molecule has 1 aromatic carbocycles. The number of carbonyl (C=O) groups excluding carboxylic acids is 1. The van der Waals surface area contributed by atoms with Crippen LogP contribution in [0.2, 0.25) is 0 Å². The van der Waals surface area contributed by atoms with E-state index in [2.05, 4.69) is 0 Å². The van der Waals surface area contributed by atoms with Gasteiger partial charge in [-0.1, -0.05) is 0 Å². The molecule has 0 fully saturated rings. The molecule has 1 aromatic rings. The standard InChI is InChI=1S/C11H13ClO2/c1-7-5-9(13)6-8(2)11(7)10(14)3-4-12/h5-6,13H,3-4H2,1-2H3. The van der Waals surface area contributed by atoms with Crippen molar-refractivity contribution >= 4 is 17.4 Å². The molecule has 0 aliphatic carbocycles. The first-order valence-electron chi connectivity index (χ1n) is 4.45. The van der Waals surface area contributed by atoms with E-state index >= 15 is 0 Å². The van der Waals surface area contributed by atoms with E-state index in [0.717, 1.165) is 11.1 Å². The van der Waals surface area contributed by atoms with E-state index in [1.165, 1.54) is 0 Å². The van der Waals surface area contributed by atoms with Crippen molar-refractivity contribution in [2.75, 3.05) is 5.88 Å². The maximum absolute atomic E-state index is 11.6. The molecule has 1 rings (SSSR count). The fourth-order valence-corrected chi connectivity index (χ4v) is 1.76. The van der Waals surface area contributed by atoms with E-state index in [-0.39, 0.29) is 11.5 Å². The van der Waals surface area contributed by atoms with Crippen LogP contribution in [0.5, 0.6) is 5.75 Å². The third-order valence-corrected chi connectivity index (χ3v) is 2.31. The topological polar surface area (TPSA) is 37.3 Å². The van der Waals surface area contributed by atoms with Gasteiger partial charge in [-0.2, -0.15) is 0 Å². The summed E-state index contributed by atoms with van der Waals surface area (Å²) >= 11 is 5.51. The number of Topliss-reactive ketones (excluding diaryl/α,β-unsaturated/α-hetero) is 1. The molecule has 0 unspecified atom stereocenters. The van der Waals surface area contributed by atoms with Gasteiger partial charge in [0.05, 0.1) is 0 Å². The van der Waals surface area contributed by atoms with Crippen LogP contribution >= 0.6 is 11.6 Å². The molecule has 0 saturated heterocycles. The Kier molecular flexibility index (Phi) is 3.53. The Morgan fingerprint density at radius 1 is 1.36 bits per heavy atom. The highest BCUT2D eigenvalue weighted by molar-refractivity contribution is 6.19. The zero-order valence-electron chi connectivity index (χ0n) is 8.30. The molecular weight excluding hydrogens is 200 g/mol. The molecule has 0 radical (unpaired) electrons. The van der Waals surface area contributed by atoms with Gasteiger partial charge in [-0.25, -0.2) is 0 Å². The number of benzene rings is 1. The highest BCUT2D eigenvalue weighted by Crippen LogP contribution is 2.21. The van der Waals surface area contributed by atoms with Gasteiger partial charge >= 0.3 is 0 Å². The van der Waals surface area contributed by atoms with E-state index in [4.69, 9.17) is 11.6 Å². The van der Waals surface area contributed by atoms with E-state index in [1.807, 2.05) is 13.8 Å². The lowest BCUT2D eigenvalue weighted by Crippen LogP contribution is -2.05. The Labute approximate surface area is 88.5 Å². The second-order valence-corrected chi connectivity index (χ2v) is 3.69. The molecule has 3 heteroatoms. The molecule has 2 nitrogen and oxygen atoms in total. The lowest BCUT2D eigenvalue weighted by atomic mass is 9.97. The van der Waals surface area contributed by atoms with Gasteiger partial charge in [0, 0.05) is 17.9 Å². The van der Waals surface area contributed by atoms with Crippen LogP contribution in [0.3, 0.4) is 0 Å². The Hall–Kier alpha value is -1.02. The number of phenolic OH excluding ortho intramolecular Hbond substituents is 1. The smallest absolute Gasteiger partial charge is 0.164 e. The zero-order valence-corrected chi connectivity index (χ0v) is 9.06. The second-order valence-electron chi connectivity index (χ2n) is 3.32. The van der Waals surface area contributed by atoms with Crippen molar-refractivity contribution in [2.24, 2.45) is 0 Å². The number of aryl methyl sites for hydroxylation is 2. The fourth-order valence-electron chi connectivity index (χ4n) is 1.59. The summed E-state index contributed by atoms with van der Waals surface area (Å²) in [4.78, 5) is 11.6. The molecule has 14 heavy (non-hydrogen) atoms. The Balaban J connectivity index is 3.14. The monoisotopic (exact) mass is 212 g/mol. The van der Waals surface area contributed by atoms with Crippen LogP contribution in [0, 0.1) is 13.8 Å². The van der Waals surface area contributed by atoms with Gasteiger partial charge in [0.25, 0.3) is 0 Å². The third kappa shape index (κ3) is 2.26. The summed E-state index contributed by atoms with van der Waals surface area (Å²) in [5.74, 6) is 0.566. The molecule has 76 valence electrons. The van der Waals surface area contributed by atoms with Crippen molar-refractivity contribution in [1.82, 2.24) is 0 Å². The molecule has 0 spiro atoms. The van der Waals surface area contributed by atoms with Gasteiger partial charge in [0.1, 0.15) is 5.75 Å². The molecule has 0 heterocycles. The van der Waals surface area contributed by atoms with Crippen molar-refractivity contribution in [2.45, 2.75) is 20.3 Å². The summed E-state index contributed by atoms with van der Waals surface area (Å²) in [5, 5.41) is 9.29. The maximum Gasteiger partial charge on any atom is 0.164 e. The van der Waals surface area contributed by atoms with Crippen LogP contribution in [-0.2, 0) is 0 Å². The lowest BCUT2D eigenvalue weighted by Gasteiger charge is -2.08. The van der Waals surface area contributed by atoms with Gasteiger partial charge < -0.3 is 5.11 Å². The number of hydrogen-bond donors (Lipinski definition) is 1. The number of aromatic hydroxyl groups is 1. The number of hydrogen-bond acceptors (Lipinski definition) is 2. The summed E-state index contributed by atoms with van der Waals surface area (Å²) in [6.45, 7) is 3.63. The third-order valence-electron chi connectivity index (χ3n) is 2.12. The molecule has 0 amide bonds. The first-order valence-corrected chi connectivity index (χ1v) is 4.99. The molecule has 0 aromatic heterocycles. The van der Waals surface area contributed by atoms with Gasteiger partial charge in [-0.3, -0.25) is 4.79 Å². The average Bonchev–Trinajstić information content (AvgIpc) is 2.01. The maximum atomic E-state index is 11.6. The van der Waals surface area contributed by atoms with E-state index in [9.17, 15) is 9.90 Å². The van der Waals surface area contributed by atoms with Crippen molar-refractivity contribution < 1.29 is 9.90 Å². The Bertz CT molecular complexity index is 335. The first-order chi connectivity index (χ1) is 6.56. The zero-order chi connectivity index (χ0) is 10.7. The molecule has 1 N–H and O–H groups in total. The molecule has 0 aliphatic heterocycles. The Morgan fingerprint density at radius 2 is 1.86 bits per heavy atom. The van der Waals surface area contributed by atoms with Gasteiger partial charge in [-0.05, 0) is 37.1 Å². The van der Waals surface area contributed by atoms with Crippen LogP contribution in [0.4, 0.5) is 0 Å². The van der Waals surface area contributed by atoms with Gasteiger partial charge in [-0.15, -0.1) is 11.6 Å². The largest absolute Gasteiger partial charge is 0.508 e. The number of carbonyl (C=O) groups is 1. The van der Waals surface area contributed by atoms with Crippen molar-refractivity contribution in [1.29, 1.82) is 0 Å². The molecular formula is C11H13ClO2. The predicted octanol–water partition coefficient (Wildman–Crippen LogP) is 2.82. The summed E-state index contributed by atoms with van der Waals surface area (Å²) in [7, 11) is 0. The number of halogens is 1. The second kappa shape index (κ2) is 4.47. The predicted molar refractivity (Wildman–Crippen MR) is 57.2 cm³/mol. The van der Waals surface area contributed by atoms with Crippen molar-refractivity contribution in [3.63, 3.8) is 0 Å². The van der Waals surface area contributed by atoms with E-state index in [0.29, 0.717) is 17.9 Å². The lowest BCUT2D eigenvalue weighted by molar-refractivity contribution is 0.0988. The van der Waals surface area contributed by atoms with Gasteiger partial charge in [0.15, 0.2) is 5.78 Å². The molecule has 0 saturated carbocycles. The van der Waals surface area contributed by atoms with Crippen molar-refractivity contribution in [3.8, 4) is 5.75 Å². The van der Waals surface area contributed by atoms with E-state index in [1.54, 1.807) is 12.1 Å². The van der Waals surface area contributed by atoms with Crippen LogP contribution in [0.1, 0.15) is 27.9 Å². The molecule has 0 aliphatic rings. The minimum atomic E-state index is 0.0370. The normalized spacial score (nSPS) is 10.2. The summed E-state index contributed by atoms with van der Waals surface area (Å²) in [5.41, 5.74) is 2.29. The minimum Gasteiger partial charge on any atom is -0.508 e. The number of alkyl halides is 1. The van der Waals surface area contributed by atoms with Crippen molar-refractivity contribution in [3.05, 3.63) is 28.8 Å². The first kappa shape index (κ1) is 11.1. The van der Waals surface area contributed by atoms with Crippen LogP contribution in [0.25, 0.3) is 0 Å². The average molecular weight is 213 g/mol. The summed E-state index contributed by atoms with van der Waals surface area (Å²) in [6.07, 6.45) is 0.341. The fraction of sp³-hybridized carbons (Fsp3) is 0.364. The number of ketones is 1. The highest BCUT2D eigenvalue weighted by Gasteiger charge is 2.12. The highest BCUT2D eigenvalue weighted by atomic mass is 35.5. The molecule has 0 atom stereocenters. The minimum absolute atomic E-state index is 0.0370. The number of rotatable bonds is 3. The van der Waals surface area contributed by atoms with E-state index < -0.39 is 0 Å². The van der Waals surface area contributed by atoms with Crippen LogP contribution in [0.15, 0.2) is 12.1 Å².